The van der Waals surface area contributed by atoms with Gasteiger partial charge < -0.3 is 5.11 Å². The number of rotatable bonds is 1. The Morgan fingerprint density at radius 2 is 2.00 bits per heavy atom. The van der Waals surface area contributed by atoms with E-state index in [0.29, 0.717) is 0 Å². The summed E-state index contributed by atoms with van der Waals surface area (Å²) in [4.78, 5) is 0. The lowest BCUT2D eigenvalue weighted by atomic mass is 10.0. The van der Waals surface area contributed by atoms with Crippen LogP contribution in [-0.4, -0.2) is 5.11 Å². The maximum absolute atomic E-state index is 12.3. The van der Waals surface area contributed by atoms with Gasteiger partial charge in [0.2, 0.25) is 0 Å². The fourth-order valence-electron chi connectivity index (χ4n) is 1.02. The van der Waals surface area contributed by atoms with E-state index in [1.54, 1.807) is 0 Å². The van der Waals surface area contributed by atoms with E-state index >= 15 is 0 Å². The highest BCUT2D eigenvalue weighted by molar-refractivity contribution is 5.41. The standard InChI is InChI=1S/C9H6F3NO/c10-9(11,12)8-3-6(5-14)1-2-7(8)4-13/h1-3,14H,5H2. The van der Waals surface area contributed by atoms with Crippen LogP contribution in [0.5, 0.6) is 0 Å². The predicted octanol–water partition coefficient (Wildman–Crippen LogP) is 2.07. The number of hydrogen-bond donors (Lipinski definition) is 1. The van der Waals surface area contributed by atoms with E-state index in [1.165, 1.54) is 12.1 Å². The molecule has 0 amide bonds. The second kappa shape index (κ2) is 3.68. The molecule has 0 aliphatic carbocycles. The van der Waals surface area contributed by atoms with Crippen LogP contribution in [0, 0.1) is 11.3 Å². The SMILES string of the molecule is N#Cc1ccc(CO)cc1C(F)(F)F. The molecule has 1 aromatic rings. The minimum absolute atomic E-state index is 0.135. The lowest BCUT2D eigenvalue weighted by molar-refractivity contribution is -0.137. The highest BCUT2D eigenvalue weighted by atomic mass is 19.4. The van der Waals surface area contributed by atoms with Crippen molar-refractivity contribution in [2.45, 2.75) is 12.8 Å². The summed E-state index contributed by atoms with van der Waals surface area (Å²) in [6.07, 6.45) is -4.56. The van der Waals surface area contributed by atoms with Crippen LogP contribution in [0.2, 0.25) is 0 Å². The third kappa shape index (κ3) is 2.03. The van der Waals surface area contributed by atoms with Crippen molar-refractivity contribution >= 4 is 0 Å². The first kappa shape index (κ1) is 10.5. The van der Waals surface area contributed by atoms with Gasteiger partial charge in [-0.25, -0.2) is 0 Å². The number of alkyl halides is 3. The molecule has 0 fully saturated rings. The predicted molar refractivity (Wildman–Crippen MR) is 42.1 cm³/mol. The zero-order chi connectivity index (χ0) is 10.8. The first-order valence-electron chi connectivity index (χ1n) is 3.70. The molecule has 0 heterocycles. The van der Waals surface area contributed by atoms with E-state index in [-0.39, 0.29) is 5.56 Å². The molecule has 0 atom stereocenters. The maximum Gasteiger partial charge on any atom is 0.417 e. The number of benzene rings is 1. The average Bonchev–Trinajstić information content (AvgIpc) is 2.15. The summed E-state index contributed by atoms with van der Waals surface area (Å²) >= 11 is 0. The summed E-state index contributed by atoms with van der Waals surface area (Å²) in [5, 5.41) is 17.1. The van der Waals surface area contributed by atoms with Crippen LogP contribution >= 0.6 is 0 Å². The van der Waals surface area contributed by atoms with Crippen LogP contribution in [0.15, 0.2) is 18.2 Å². The van der Waals surface area contributed by atoms with Crippen LogP contribution in [0.3, 0.4) is 0 Å². The van der Waals surface area contributed by atoms with Crippen LogP contribution in [0.1, 0.15) is 16.7 Å². The van der Waals surface area contributed by atoms with E-state index in [1.807, 2.05) is 0 Å². The lowest BCUT2D eigenvalue weighted by Crippen LogP contribution is -2.08. The van der Waals surface area contributed by atoms with Crippen molar-refractivity contribution in [1.82, 2.24) is 0 Å². The highest BCUT2D eigenvalue weighted by Gasteiger charge is 2.33. The lowest BCUT2D eigenvalue weighted by Gasteiger charge is -2.09. The average molecular weight is 201 g/mol. The first-order chi connectivity index (χ1) is 6.49. The molecular formula is C9H6F3NO. The van der Waals surface area contributed by atoms with Crippen molar-refractivity contribution < 1.29 is 18.3 Å². The summed E-state index contributed by atoms with van der Waals surface area (Å²) in [6, 6.07) is 4.56. The molecule has 0 aromatic heterocycles. The molecule has 5 heteroatoms. The van der Waals surface area contributed by atoms with Gasteiger partial charge in [0.1, 0.15) is 0 Å². The van der Waals surface area contributed by atoms with Crippen molar-refractivity contribution in [2.24, 2.45) is 0 Å². The second-order valence-corrected chi connectivity index (χ2v) is 2.65. The molecule has 0 bridgehead atoms. The van der Waals surface area contributed by atoms with E-state index in [4.69, 9.17) is 10.4 Å². The molecule has 1 aromatic carbocycles. The van der Waals surface area contributed by atoms with Crippen molar-refractivity contribution in [1.29, 1.82) is 5.26 Å². The van der Waals surface area contributed by atoms with Gasteiger partial charge in [-0.05, 0) is 17.7 Å². The molecule has 0 aliphatic heterocycles. The minimum Gasteiger partial charge on any atom is -0.392 e. The number of aliphatic hydroxyl groups is 1. The van der Waals surface area contributed by atoms with Crippen LogP contribution in [0.25, 0.3) is 0 Å². The Balaban J connectivity index is 3.31. The van der Waals surface area contributed by atoms with Gasteiger partial charge in [-0.1, -0.05) is 6.07 Å². The van der Waals surface area contributed by atoms with E-state index in [2.05, 4.69) is 0 Å². The van der Waals surface area contributed by atoms with Crippen molar-refractivity contribution in [3.8, 4) is 6.07 Å². The number of nitriles is 1. The number of hydrogen-bond acceptors (Lipinski definition) is 2. The summed E-state index contributed by atoms with van der Waals surface area (Å²) in [5.41, 5.74) is -1.31. The molecule has 0 saturated heterocycles. The zero-order valence-electron chi connectivity index (χ0n) is 6.97. The zero-order valence-corrected chi connectivity index (χ0v) is 6.97. The van der Waals surface area contributed by atoms with Crippen molar-refractivity contribution in [3.63, 3.8) is 0 Å². The van der Waals surface area contributed by atoms with Gasteiger partial charge in [0.05, 0.1) is 23.8 Å². The molecule has 0 unspecified atom stereocenters. The molecule has 0 spiro atoms. The van der Waals surface area contributed by atoms with E-state index < -0.39 is 23.9 Å². The normalized spacial score (nSPS) is 11.1. The molecule has 2 nitrogen and oxygen atoms in total. The van der Waals surface area contributed by atoms with Gasteiger partial charge in [0.25, 0.3) is 0 Å². The van der Waals surface area contributed by atoms with Crippen LogP contribution in [-0.2, 0) is 12.8 Å². The van der Waals surface area contributed by atoms with Gasteiger partial charge in [-0.3, -0.25) is 0 Å². The molecule has 74 valence electrons. The summed E-state index contributed by atoms with van der Waals surface area (Å²) in [7, 11) is 0. The van der Waals surface area contributed by atoms with E-state index in [0.717, 1.165) is 12.1 Å². The number of halogens is 3. The van der Waals surface area contributed by atoms with E-state index in [9.17, 15) is 13.2 Å². The first-order valence-corrected chi connectivity index (χ1v) is 3.70. The smallest absolute Gasteiger partial charge is 0.392 e. The fraction of sp³-hybridized carbons (Fsp3) is 0.222. The molecule has 1 rings (SSSR count). The Labute approximate surface area is 78.2 Å². The monoisotopic (exact) mass is 201 g/mol. The number of nitrogens with zero attached hydrogens (tertiary/aromatic N) is 1. The van der Waals surface area contributed by atoms with Gasteiger partial charge >= 0.3 is 6.18 Å². The molecule has 0 aliphatic rings. The molecule has 0 radical (unpaired) electrons. The van der Waals surface area contributed by atoms with Gasteiger partial charge in [0.15, 0.2) is 0 Å². The Hall–Kier alpha value is -1.54. The summed E-state index contributed by atoms with van der Waals surface area (Å²) in [6.45, 7) is -0.477. The van der Waals surface area contributed by atoms with Crippen molar-refractivity contribution in [2.75, 3.05) is 0 Å². The fourth-order valence-corrected chi connectivity index (χ4v) is 1.02. The summed E-state index contributed by atoms with van der Waals surface area (Å²) < 4.78 is 37.0. The third-order valence-corrected chi connectivity index (χ3v) is 1.69. The Morgan fingerprint density at radius 1 is 1.36 bits per heavy atom. The molecule has 14 heavy (non-hydrogen) atoms. The minimum atomic E-state index is -4.56. The highest BCUT2D eigenvalue weighted by Crippen LogP contribution is 2.32. The van der Waals surface area contributed by atoms with Crippen LogP contribution in [0.4, 0.5) is 13.2 Å². The van der Waals surface area contributed by atoms with Crippen LogP contribution < -0.4 is 0 Å². The van der Waals surface area contributed by atoms with Crippen molar-refractivity contribution in [3.05, 3.63) is 34.9 Å². The maximum atomic E-state index is 12.3. The van der Waals surface area contributed by atoms with Gasteiger partial charge in [-0.2, -0.15) is 18.4 Å². The third-order valence-electron chi connectivity index (χ3n) is 1.69. The number of aliphatic hydroxyl groups excluding tert-OH is 1. The summed E-state index contributed by atoms with van der Waals surface area (Å²) in [5.74, 6) is 0. The Kier molecular flexibility index (Phi) is 2.77. The largest absolute Gasteiger partial charge is 0.417 e. The quantitative estimate of drug-likeness (QED) is 0.755. The Bertz CT molecular complexity index is 379. The molecule has 1 N–H and O–H groups in total. The topological polar surface area (TPSA) is 44.0 Å². The van der Waals surface area contributed by atoms with Gasteiger partial charge in [0, 0.05) is 0 Å². The molecule has 0 saturated carbocycles. The molecular weight excluding hydrogens is 195 g/mol. The van der Waals surface area contributed by atoms with Gasteiger partial charge in [-0.15, -0.1) is 0 Å². The Morgan fingerprint density at radius 3 is 2.43 bits per heavy atom. The second-order valence-electron chi connectivity index (χ2n) is 2.65.